The van der Waals surface area contributed by atoms with Gasteiger partial charge in [-0.05, 0) is 30.2 Å². The SMILES string of the molecule is NC1(c2ccccc2NCc2ccc3c(c2)C(=O)N(C2CCC(=O)NC2=O)C3=O)CC1(F)F. The average Bonchev–Trinajstić information content (AvgIpc) is 3.21. The number of para-hydroxylation sites is 1. The van der Waals surface area contributed by atoms with Gasteiger partial charge in [-0.1, -0.05) is 24.3 Å². The summed E-state index contributed by atoms with van der Waals surface area (Å²) >= 11 is 0. The first-order valence-electron chi connectivity index (χ1n) is 10.5. The van der Waals surface area contributed by atoms with Crippen LogP contribution >= 0.6 is 0 Å². The van der Waals surface area contributed by atoms with Gasteiger partial charge in [-0.3, -0.25) is 29.4 Å². The Kier molecular flexibility index (Phi) is 4.61. The van der Waals surface area contributed by atoms with Gasteiger partial charge < -0.3 is 11.1 Å². The minimum atomic E-state index is -2.97. The summed E-state index contributed by atoms with van der Waals surface area (Å²) in [7, 11) is 0. The first-order chi connectivity index (χ1) is 15.6. The summed E-state index contributed by atoms with van der Waals surface area (Å²) in [6.07, 6.45) is -0.308. The molecule has 10 heteroatoms. The number of nitrogens with zero attached hydrogens (tertiary/aromatic N) is 1. The van der Waals surface area contributed by atoms with Crippen LogP contribution in [0.3, 0.4) is 0 Å². The fourth-order valence-corrected chi connectivity index (χ4v) is 4.45. The van der Waals surface area contributed by atoms with Crippen LogP contribution in [0.15, 0.2) is 42.5 Å². The molecule has 170 valence electrons. The number of carbonyl (C=O) groups excluding carboxylic acids is 4. The highest BCUT2D eigenvalue weighted by molar-refractivity contribution is 6.23. The van der Waals surface area contributed by atoms with Crippen LogP contribution < -0.4 is 16.4 Å². The molecule has 2 aliphatic heterocycles. The smallest absolute Gasteiger partial charge is 0.272 e. The van der Waals surface area contributed by atoms with Crippen molar-refractivity contribution in [2.75, 3.05) is 5.32 Å². The number of fused-ring (bicyclic) bond motifs is 1. The highest BCUT2D eigenvalue weighted by atomic mass is 19.3. The molecule has 2 atom stereocenters. The average molecular weight is 454 g/mol. The summed E-state index contributed by atoms with van der Waals surface area (Å²) in [6, 6.07) is 10.2. The standard InChI is InChI=1S/C23H20F2N4O4/c24-23(25)11-22(23,26)15-3-1-2-4-16(15)27-10-12-5-6-13-14(9-12)21(33)29(20(13)32)17-7-8-18(30)28-19(17)31/h1-6,9,17,27H,7-8,10-11,26H2,(H,28,30,31). The quantitative estimate of drug-likeness (QED) is 0.594. The second-order valence-electron chi connectivity index (χ2n) is 8.58. The van der Waals surface area contributed by atoms with E-state index in [0.29, 0.717) is 16.8 Å². The predicted octanol–water partition coefficient (Wildman–Crippen LogP) is 1.89. The molecule has 1 aliphatic carbocycles. The van der Waals surface area contributed by atoms with Gasteiger partial charge >= 0.3 is 0 Å². The molecule has 1 saturated heterocycles. The summed E-state index contributed by atoms with van der Waals surface area (Å²) in [4.78, 5) is 50.2. The second kappa shape index (κ2) is 7.17. The molecule has 33 heavy (non-hydrogen) atoms. The van der Waals surface area contributed by atoms with Crippen molar-refractivity contribution in [1.29, 1.82) is 0 Å². The van der Waals surface area contributed by atoms with Gasteiger partial charge in [0.1, 0.15) is 11.6 Å². The maximum Gasteiger partial charge on any atom is 0.272 e. The van der Waals surface area contributed by atoms with E-state index in [1.54, 1.807) is 36.4 Å². The van der Waals surface area contributed by atoms with Crippen LogP contribution in [0.5, 0.6) is 0 Å². The molecule has 2 unspecified atom stereocenters. The third-order valence-electron chi connectivity index (χ3n) is 6.42. The Morgan fingerprint density at radius 3 is 2.45 bits per heavy atom. The van der Waals surface area contributed by atoms with Crippen molar-refractivity contribution in [3.63, 3.8) is 0 Å². The number of imide groups is 2. The Morgan fingerprint density at radius 2 is 1.76 bits per heavy atom. The number of nitrogens with one attached hydrogen (secondary N) is 2. The van der Waals surface area contributed by atoms with Gasteiger partial charge in [0.25, 0.3) is 17.7 Å². The van der Waals surface area contributed by atoms with Crippen molar-refractivity contribution in [2.45, 2.75) is 43.3 Å². The van der Waals surface area contributed by atoms with E-state index in [1.165, 1.54) is 6.07 Å². The number of carbonyl (C=O) groups is 4. The molecular weight excluding hydrogens is 434 g/mol. The Labute approximate surface area is 187 Å². The Balaban J connectivity index is 1.35. The van der Waals surface area contributed by atoms with Gasteiger partial charge in [-0.15, -0.1) is 0 Å². The summed E-state index contributed by atoms with van der Waals surface area (Å²) in [5.41, 5.74) is 5.93. The van der Waals surface area contributed by atoms with Crippen LogP contribution in [0.2, 0.25) is 0 Å². The van der Waals surface area contributed by atoms with Crippen LogP contribution in [-0.4, -0.2) is 40.5 Å². The lowest BCUT2D eigenvalue weighted by Gasteiger charge is -2.27. The highest BCUT2D eigenvalue weighted by Gasteiger charge is 2.70. The third kappa shape index (κ3) is 3.29. The molecule has 0 radical (unpaired) electrons. The van der Waals surface area contributed by atoms with Crippen molar-refractivity contribution < 1.29 is 28.0 Å². The van der Waals surface area contributed by atoms with E-state index >= 15 is 0 Å². The first-order valence-corrected chi connectivity index (χ1v) is 10.5. The van der Waals surface area contributed by atoms with Gasteiger partial charge in [-0.2, -0.15) is 0 Å². The largest absolute Gasteiger partial charge is 0.381 e. The van der Waals surface area contributed by atoms with Crippen molar-refractivity contribution in [3.8, 4) is 0 Å². The lowest BCUT2D eigenvalue weighted by Crippen LogP contribution is -2.54. The Bertz CT molecular complexity index is 1230. The molecule has 1 saturated carbocycles. The molecule has 2 fully saturated rings. The second-order valence-corrected chi connectivity index (χ2v) is 8.58. The minimum absolute atomic E-state index is 0.0417. The molecular formula is C23H20F2N4O4. The monoisotopic (exact) mass is 454 g/mol. The number of rotatable bonds is 5. The van der Waals surface area contributed by atoms with E-state index in [-0.39, 0.29) is 30.5 Å². The maximum atomic E-state index is 13.8. The zero-order valence-electron chi connectivity index (χ0n) is 17.4. The number of piperidine rings is 1. The van der Waals surface area contributed by atoms with E-state index in [0.717, 1.165) is 4.90 Å². The van der Waals surface area contributed by atoms with Crippen LogP contribution in [0, 0.1) is 0 Å². The summed E-state index contributed by atoms with van der Waals surface area (Å²) in [5, 5.41) is 5.25. The fourth-order valence-electron chi connectivity index (χ4n) is 4.45. The molecule has 0 spiro atoms. The lowest BCUT2D eigenvalue weighted by atomic mass is 10.0. The van der Waals surface area contributed by atoms with E-state index in [2.05, 4.69) is 10.6 Å². The number of anilines is 1. The van der Waals surface area contributed by atoms with Crippen LogP contribution in [0.1, 0.15) is 51.1 Å². The minimum Gasteiger partial charge on any atom is -0.381 e. The van der Waals surface area contributed by atoms with Crippen molar-refractivity contribution >= 4 is 29.3 Å². The molecule has 2 aromatic carbocycles. The van der Waals surface area contributed by atoms with Crippen LogP contribution in [0.25, 0.3) is 0 Å². The van der Waals surface area contributed by atoms with Gasteiger partial charge in [0, 0.05) is 30.6 Å². The van der Waals surface area contributed by atoms with Crippen LogP contribution in [-0.2, 0) is 21.7 Å². The summed E-state index contributed by atoms with van der Waals surface area (Å²) in [5.74, 6) is -5.28. The van der Waals surface area contributed by atoms with Crippen molar-refractivity contribution in [3.05, 3.63) is 64.7 Å². The zero-order valence-corrected chi connectivity index (χ0v) is 17.4. The number of alkyl halides is 2. The molecule has 0 aromatic heterocycles. The van der Waals surface area contributed by atoms with E-state index in [4.69, 9.17) is 5.73 Å². The van der Waals surface area contributed by atoms with Gasteiger partial charge in [-0.25, -0.2) is 8.78 Å². The Morgan fingerprint density at radius 1 is 1.06 bits per heavy atom. The molecule has 0 bridgehead atoms. The van der Waals surface area contributed by atoms with Gasteiger partial charge in [0.15, 0.2) is 0 Å². The van der Waals surface area contributed by atoms with Gasteiger partial charge in [0.05, 0.1) is 11.1 Å². The van der Waals surface area contributed by atoms with Crippen molar-refractivity contribution in [1.82, 2.24) is 10.2 Å². The molecule has 8 nitrogen and oxygen atoms in total. The Hall–Kier alpha value is -3.66. The molecule has 3 aliphatic rings. The zero-order chi connectivity index (χ0) is 23.5. The molecule has 4 N–H and O–H groups in total. The van der Waals surface area contributed by atoms with E-state index in [9.17, 15) is 28.0 Å². The van der Waals surface area contributed by atoms with Crippen molar-refractivity contribution in [2.24, 2.45) is 5.73 Å². The summed E-state index contributed by atoms with van der Waals surface area (Å²) in [6.45, 7) is 0.200. The maximum absolute atomic E-state index is 13.8. The lowest BCUT2D eigenvalue weighted by molar-refractivity contribution is -0.136. The number of benzene rings is 2. The number of amides is 4. The summed E-state index contributed by atoms with van der Waals surface area (Å²) < 4.78 is 27.6. The first kappa shape index (κ1) is 21.2. The highest BCUT2D eigenvalue weighted by Crippen LogP contribution is 2.58. The number of halogens is 2. The molecule has 2 heterocycles. The number of hydrogen-bond donors (Lipinski definition) is 3. The third-order valence-corrected chi connectivity index (χ3v) is 6.42. The number of hydrogen-bond acceptors (Lipinski definition) is 6. The molecule has 2 aromatic rings. The van der Waals surface area contributed by atoms with Crippen LogP contribution in [0.4, 0.5) is 14.5 Å². The predicted molar refractivity (Wildman–Crippen MR) is 112 cm³/mol. The molecule has 5 rings (SSSR count). The molecule has 4 amide bonds. The fraction of sp³-hybridized carbons (Fsp3) is 0.304. The number of nitrogens with two attached hydrogens (primary N) is 1. The normalized spacial score (nSPS) is 25.7. The van der Waals surface area contributed by atoms with E-state index in [1.807, 2.05) is 0 Å². The van der Waals surface area contributed by atoms with Gasteiger partial charge in [0.2, 0.25) is 11.8 Å². The topological polar surface area (TPSA) is 122 Å². The van der Waals surface area contributed by atoms with E-state index < -0.39 is 47.6 Å².